The highest BCUT2D eigenvalue weighted by Gasteiger charge is 2.42. The molecule has 0 spiro atoms. The maximum Gasteiger partial charge on any atom is 0.215 e. The molecule has 6 heteroatoms. The molecular weight excluding hydrogens is 252 g/mol. The summed E-state index contributed by atoms with van der Waals surface area (Å²) in [6.07, 6.45) is 3.25. The van der Waals surface area contributed by atoms with E-state index in [1.807, 2.05) is 13.8 Å². The zero-order chi connectivity index (χ0) is 13.3. The molecule has 0 saturated carbocycles. The molecule has 106 valence electrons. The smallest absolute Gasteiger partial charge is 0.215 e. The summed E-state index contributed by atoms with van der Waals surface area (Å²) < 4.78 is 32.8. The van der Waals surface area contributed by atoms with Crippen LogP contribution < -0.4 is 10.0 Å². The number of hydrogen-bond donors (Lipinski definition) is 2. The molecule has 0 amide bonds. The van der Waals surface area contributed by atoms with Crippen molar-refractivity contribution in [3.63, 3.8) is 0 Å². The number of nitrogens with one attached hydrogen (secondary N) is 2. The molecule has 2 heterocycles. The van der Waals surface area contributed by atoms with Crippen LogP contribution in [0.2, 0.25) is 0 Å². The Kier molecular flexibility index (Phi) is 4.31. The van der Waals surface area contributed by atoms with Gasteiger partial charge >= 0.3 is 0 Å². The van der Waals surface area contributed by atoms with Crippen LogP contribution in [0.3, 0.4) is 0 Å². The van der Waals surface area contributed by atoms with Crippen LogP contribution >= 0.6 is 0 Å². The summed E-state index contributed by atoms with van der Waals surface area (Å²) in [6.45, 7) is 6.24. The quantitative estimate of drug-likeness (QED) is 0.746. The predicted octanol–water partition coefficient (Wildman–Crippen LogP) is 0.612. The Morgan fingerprint density at radius 1 is 1.28 bits per heavy atom. The first-order chi connectivity index (χ1) is 8.38. The largest absolute Gasteiger partial charge is 0.373 e. The van der Waals surface area contributed by atoms with Crippen molar-refractivity contribution < 1.29 is 13.2 Å². The van der Waals surface area contributed by atoms with E-state index in [0.29, 0.717) is 12.6 Å². The lowest BCUT2D eigenvalue weighted by molar-refractivity contribution is 0.0995. The standard InChI is InChI=1S/C12H24N2O3S/c1-8(2)13-7-9(3)18(15,16)14-11-6-10-4-5-12(11)17-10/h8-14H,4-7H2,1-3H3. The lowest BCUT2D eigenvalue weighted by Gasteiger charge is -2.23. The van der Waals surface area contributed by atoms with Crippen LogP contribution in [-0.4, -0.2) is 44.5 Å². The van der Waals surface area contributed by atoms with Crippen molar-refractivity contribution in [2.24, 2.45) is 0 Å². The highest BCUT2D eigenvalue weighted by Crippen LogP contribution is 2.34. The Morgan fingerprint density at radius 3 is 2.50 bits per heavy atom. The number of fused-ring (bicyclic) bond motifs is 2. The summed E-state index contributed by atoms with van der Waals surface area (Å²) in [4.78, 5) is 0. The molecule has 2 bridgehead atoms. The Hall–Kier alpha value is -0.170. The van der Waals surface area contributed by atoms with Gasteiger partial charge in [-0.1, -0.05) is 13.8 Å². The summed E-state index contributed by atoms with van der Waals surface area (Å²) in [5.74, 6) is 0. The molecule has 0 aromatic rings. The van der Waals surface area contributed by atoms with Crippen molar-refractivity contribution in [3.8, 4) is 0 Å². The summed E-state index contributed by atoms with van der Waals surface area (Å²) in [6, 6.07) is 0.281. The van der Waals surface area contributed by atoms with E-state index in [1.165, 1.54) is 0 Å². The molecule has 4 unspecified atom stereocenters. The average molecular weight is 276 g/mol. The minimum absolute atomic E-state index is 0.0183. The van der Waals surface area contributed by atoms with Gasteiger partial charge in [-0.3, -0.25) is 0 Å². The lowest BCUT2D eigenvalue weighted by atomic mass is 9.96. The van der Waals surface area contributed by atoms with Gasteiger partial charge in [-0.15, -0.1) is 0 Å². The molecule has 0 aromatic heterocycles. The third-order valence-corrected chi connectivity index (χ3v) is 5.62. The maximum atomic E-state index is 12.2. The highest BCUT2D eigenvalue weighted by molar-refractivity contribution is 7.90. The Morgan fingerprint density at radius 2 is 2.00 bits per heavy atom. The van der Waals surface area contributed by atoms with Crippen molar-refractivity contribution in [1.82, 2.24) is 10.0 Å². The minimum Gasteiger partial charge on any atom is -0.373 e. The van der Waals surface area contributed by atoms with Gasteiger partial charge in [-0.2, -0.15) is 0 Å². The number of ether oxygens (including phenoxy) is 1. The predicted molar refractivity (Wildman–Crippen MR) is 71.0 cm³/mol. The second-order valence-corrected chi connectivity index (χ2v) is 7.88. The number of rotatable bonds is 6. The molecule has 2 rings (SSSR count). The molecule has 2 aliphatic heterocycles. The monoisotopic (exact) mass is 276 g/mol. The van der Waals surface area contributed by atoms with Crippen LogP contribution in [0.4, 0.5) is 0 Å². The van der Waals surface area contributed by atoms with Crippen molar-refractivity contribution in [1.29, 1.82) is 0 Å². The third-order valence-electron chi connectivity index (χ3n) is 3.76. The van der Waals surface area contributed by atoms with Gasteiger partial charge in [0.1, 0.15) is 0 Å². The van der Waals surface area contributed by atoms with Gasteiger partial charge in [-0.25, -0.2) is 13.1 Å². The molecule has 0 aliphatic carbocycles. The molecule has 4 atom stereocenters. The fraction of sp³-hybridized carbons (Fsp3) is 1.00. The molecular formula is C12H24N2O3S. The Bertz CT molecular complexity index is 383. The van der Waals surface area contributed by atoms with Crippen LogP contribution in [-0.2, 0) is 14.8 Å². The molecule has 2 N–H and O–H groups in total. The van der Waals surface area contributed by atoms with Crippen LogP contribution in [0.5, 0.6) is 0 Å². The van der Waals surface area contributed by atoms with Gasteiger partial charge in [-0.05, 0) is 26.2 Å². The highest BCUT2D eigenvalue weighted by atomic mass is 32.2. The van der Waals surface area contributed by atoms with Crippen LogP contribution in [0, 0.1) is 0 Å². The van der Waals surface area contributed by atoms with E-state index in [2.05, 4.69) is 10.0 Å². The van der Waals surface area contributed by atoms with Crippen molar-refractivity contribution in [3.05, 3.63) is 0 Å². The van der Waals surface area contributed by atoms with Crippen LogP contribution in [0.1, 0.15) is 40.0 Å². The van der Waals surface area contributed by atoms with E-state index in [9.17, 15) is 8.42 Å². The van der Waals surface area contributed by atoms with Crippen LogP contribution in [0.25, 0.3) is 0 Å². The molecule has 2 saturated heterocycles. The minimum atomic E-state index is -3.25. The van der Waals surface area contributed by atoms with Gasteiger partial charge in [0.2, 0.25) is 10.0 Å². The van der Waals surface area contributed by atoms with E-state index in [0.717, 1.165) is 19.3 Å². The summed E-state index contributed by atoms with van der Waals surface area (Å²) >= 11 is 0. The van der Waals surface area contributed by atoms with Gasteiger partial charge in [0.15, 0.2) is 0 Å². The van der Waals surface area contributed by atoms with E-state index >= 15 is 0 Å². The summed E-state index contributed by atoms with van der Waals surface area (Å²) in [5, 5.41) is 2.74. The second kappa shape index (κ2) is 5.45. The van der Waals surface area contributed by atoms with E-state index in [4.69, 9.17) is 4.74 Å². The zero-order valence-electron chi connectivity index (χ0n) is 11.3. The average Bonchev–Trinajstić information content (AvgIpc) is 2.86. The van der Waals surface area contributed by atoms with Gasteiger partial charge in [0.25, 0.3) is 0 Å². The topological polar surface area (TPSA) is 67.4 Å². The zero-order valence-corrected chi connectivity index (χ0v) is 12.2. The fourth-order valence-corrected chi connectivity index (χ4v) is 3.82. The lowest BCUT2D eigenvalue weighted by Crippen LogP contribution is -2.47. The van der Waals surface area contributed by atoms with E-state index in [-0.39, 0.29) is 18.2 Å². The molecule has 5 nitrogen and oxygen atoms in total. The molecule has 2 fully saturated rings. The molecule has 2 aliphatic rings. The normalized spacial score (nSPS) is 33.2. The first-order valence-corrected chi connectivity index (χ1v) is 8.33. The fourth-order valence-electron chi connectivity index (χ4n) is 2.60. The van der Waals surface area contributed by atoms with E-state index < -0.39 is 15.3 Å². The third kappa shape index (κ3) is 3.23. The summed E-state index contributed by atoms with van der Waals surface area (Å²) in [7, 11) is -3.25. The number of sulfonamides is 1. The first kappa shape index (κ1) is 14.2. The van der Waals surface area contributed by atoms with Crippen molar-refractivity contribution >= 4 is 10.0 Å². The van der Waals surface area contributed by atoms with E-state index in [1.54, 1.807) is 6.92 Å². The Balaban J connectivity index is 1.87. The van der Waals surface area contributed by atoms with Crippen molar-refractivity contribution in [2.45, 2.75) is 69.6 Å². The maximum absolute atomic E-state index is 12.2. The summed E-state index contributed by atoms with van der Waals surface area (Å²) in [5.41, 5.74) is 0. The SMILES string of the molecule is CC(C)NCC(C)S(=O)(=O)NC1CC2CCC1O2. The van der Waals surface area contributed by atoms with Gasteiger partial charge in [0.05, 0.1) is 23.5 Å². The second-order valence-electron chi connectivity index (χ2n) is 5.75. The molecule has 18 heavy (non-hydrogen) atoms. The Labute approximate surface area is 110 Å². The van der Waals surface area contributed by atoms with Gasteiger partial charge in [0, 0.05) is 12.6 Å². The first-order valence-electron chi connectivity index (χ1n) is 6.78. The van der Waals surface area contributed by atoms with Crippen LogP contribution in [0.15, 0.2) is 0 Å². The van der Waals surface area contributed by atoms with Gasteiger partial charge < -0.3 is 10.1 Å². The molecule has 0 radical (unpaired) electrons. The number of hydrogen-bond acceptors (Lipinski definition) is 4. The molecule has 0 aromatic carbocycles. The van der Waals surface area contributed by atoms with Crippen molar-refractivity contribution in [2.75, 3.05) is 6.54 Å².